The normalized spacial score (nSPS) is 32.5. The van der Waals surface area contributed by atoms with Crippen molar-refractivity contribution in [1.29, 1.82) is 0 Å². The summed E-state index contributed by atoms with van der Waals surface area (Å²) < 4.78 is 28.2. The first-order valence-electron chi connectivity index (χ1n) is 13.7. The molecule has 0 amide bonds. The third-order valence-corrected chi connectivity index (χ3v) is 7.27. The third-order valence-electron chi connectivity index (χ3n) is 7.27. The number of phenolic OH excluding ortho intramolecular Hbond substituents is 4. The van der Waals surface area contributed by atoms with Gasteiger partial charge < -0.3 is 69.6 Å². The second-order valence-corrected chi connectivity index (χ2v) is 10.4. The highest BCUT2D eigenvalue weighted by Crippen LogP contribution is 2.32. The molecule has 4 rings (SSSR count). The first kappa shape index (κ1) is 33.4. The van der Waals surface area contributed by atoms with Gasteiger partial charge in [-0.05, 0) is 54.8 Å². The predicted molar refractivity (Wildman–Crippen MR) is 147 cm³/mol. The van der Waals surface area contributed by atoms with Crippen LogP contribution in [0, 0.1) is 0 Å². The Bertz CT molecular complexity index is 1300. The lowest BCUT2D eigenvalue weighted by Crippen LogP contribution is -2.65. The van der Waals surface area contributed by atoms with E-state index in [9.17, 15) is 50.8 Å². The number of phenols is 4. The van der Waals surface area contributed by atoms with Crippen LogP contribution >= 0.6 is 0 Å². The maximum atomic E-state index is 12.8. The van der Waals surface area contributed by atoms with E-state index in [1.807, 2.05) is 0 Å². The lowest BCUT2D eigenvalue weighted by molar-refractivity contribution is -0.357. The molecule has 2 aromatic carbocycles. The van der Waals surface area contributed by atoms with Crippen LogP contribution in [0.3, 0.4) is 0 Å². The number of rotatable bonds is 10. The summed E-state index contributed by atoms with van der Waals surface area (Å²) in [6, 6.07) is 7.98. The van der Waals surface area contributed by atoms with Crippen molar-refractivity contribution in [3.63, 3.8) is 0 Å². The minimum absolute atomic E-state index is 0.0754. The van der Waals surface area contributed by atoms with Crippen LogP contribution in [0.4, 0.5) is 0 Å². The third kappa shape index (κ3) is 7.76. The minimum atomic E-state index is -1.77. The molecule has 2 saturated heterocycles. The standard InChI is InChI=1S/C29H36O15/c1-13-22(36)23(37)24(38)29(41-13)44-27-25(39)28(40-9-8-15-3-6-17(32)19(34)11-15)42-20(12-30)26(27)43-21(35)7-4-14-2-5-16(31)18(33)10-14/h2-7,10-11,13,20,22-34,36-39H,8-9,12H2,1H3/b7-4+/t13-,20+,22+,23+,24+,25-,26+,27+,28+,29-/m0/s1/i4+1,7+1,21+1. The Balaban J connectivity index is 1.52. The summed E-state index contributed by atoms with van der Waals surface area (Å²) >= 11 is 0. The summed E-state index contributed by atoms with van der Waals surface area (Å²) in [4.78, 5) is 12.8. The Labute approximate surface area is 251 Å². The van der Waals surface area contributed by atoms with Crippen LogP contribution in [0.5, 0.6) is 23.0 Å². The van der Waals surface area contributed by atoms with Gasteiger partial charge >= 0.3 is 5.97 Å². The van der Waals surface area contributed by atoms with Crippen molar-refractivity contribution in [3.8, 4) is 23.0 Å². The predicted octanol–water partition coefficient (Wildman–Crippen LogP) is -1.02. The van der Waals surface area contributed by atoms with E-state index < -0.39 is 79.7 Å². The Hall–Kier alpha value is -3.51. The molecule has 0 saturated carbocycles. The van der Waals surface area contributed by atoms with E-state index in [1.54, 1.807) is 6.07 Å². The largest absolute Gasteiger partial charge is 0.504 e. The molecule has 242 valence electrons. The number of hydrogen-bond donors (Lipinski definition) is 9. The van der Waals surface area contributed by atoms with Crippen molar-refractivity contribution in [1.82, 2.24) is 0 Å². The molecule has 0 unspecified atom stereocenters. The van der Waals surface area contributed by atoms with E-state index in [-0.39, 0.29) is 30.3 Å². The van der Waals surface area contributed by atoms with E-state index in [4.69, 9.17) is 23.7 Å². The van der Waals surface area contributed by atoms with Crippen LogP contribution in [-0.4, -0.2) is 127 Å². The van der Waals surface area contributed by atoms with E-state index in [0.717, 1.165) is 6.08 Å². The number of carbonyl (C=O) groups excluding carboxylic acids is 1. The molecule has 2 heterocycles. The first-order chi connectivity index (χ1) is 20.9. The number of aromatic hydroxyl groups is 4. The molecule has 0 radical (unpaired) electrons. The molecule has 2 aliphatic heterocycles. The Morgan fingerprint density at radius 1 is 0.818 bits per heavy atom. The van der Waals surface area contributed by atoms with Gasteiger partial charge in [-0.1, -0.05) is 12.1 Å². The van der Waals surface area contributed by atoms with E-state index in [1.165, 1.54) is 43.3 Å². The van der Waals surface area contributed by atoms with Gasteiger partial charge in [0.1, 0.15) is 36.6 Å². The minimum Gasteiger partial charge on any atom is -0.504 e. The Morgan fingerprint density at radius 2 is 1.50 bits per heavy atom. The second kappa shape index (κ2) is 14.5. The quantitative estimate of drug-likeness (QED) is 0.0663. The number of aliphatic hydroxyl groups excluding tert-OH is 5. The average molecular weight is 628 g/mol. The molecular weight excluding hydrogens is 591 g/mol. The number of aliphatic hydroxyl groups is 5. The van der Waals surface area contributed by atoms with Gasteiger partial charge in [0.05, 0.1) is 19.3 Å². The molecular formula is C29H36O15. The Kier molecular flexibility index (Phi) is 11.0. The highest BCUT2D eigenvalue weighted by molar-refractivity contribution is 5.87. The monoisotopic (exact) mass is 627 g/mol. The summed E-state index contributed by atoms with van der Waals surface area (Å²) in [7, 11) is 0. The van der Waals surface area contributed by atoms with Gasteiger partial charge in [0.25, 0.3) is 0 Å². The molecule has 9 N–H and O–H groups in total. The SMILES string of the molecule is C[C@@H]1O[C@@H](O[C@@H]2[C@H](O)[C@H](OCCc3ccc(O)c(O)c3)O[C@H](CO)[C@H]2O[13C](=O)/[13CH]=[13CH]/c2ccc(O)c(O)c2)[C@H](O)[C@H](O)[C@@H]1O. The fourth-order valence-electron chi connectivity index (χ4n) is 4.76. The van der Waals surface area contributed by atoms with Crippen LogP contribution < -0.4 is 0 Å². The van der Waals surface area contributed by atoms with Crippen molar-refractivity contribution in [2.75, 3.05) is 13.2 Å². The van der Waals surface area contributed by atoms with Crippen molar-refractivity contribution < 1.29 is 74.4 Å². The van der Waals surface area contributed by atoms with E-state index in [0.29, 0.717) is 11.1 Å². The van der Waals surface area contributed by atoms with Crippen molar-refractivity contribution in [2.45, 2.75) is 74.8 Å². The van der Waals surface area contributed by atoms with Gasteiger partial charge in [0.2, 0.25) is 0 Å². The highest BCUT2D eigenvalue weighted by Gasteiger charge is 2.52. The van der Waals surface area contributed by atoms with Gasteiger partial charge in [0, 0.05) is 6.08 Å². The van der Waals surface area contributed by atoms with Gasteiger partial charge in [-0.25, -0.2) is 4.79 Å². The fourth-order valence-corrected chi connectivity index (χ4v) is 4.76. The summed E-state index contributed by atoms with van der Waals surface area (Å²) in [5, 5.41) is 90.5. The number of esters is 1. The second-order valence-electron chi connectivity index (χ2n) is 10.4. The summed E-state index contributed by atoms with van der Waals surface area (Å²) in [6.07, 6.45) is -12.6. The molecule has 2 aliphatic rings. The van der Waals surface area contributed by atoms with Gasteiger partial charge in [-0.3, -0.25) is 0 Å². The molecule has 2 fully saturated rings. The number of carbonyl (C=O) groups is 1. The zero-order chi connectivity index (χ0) is 32.1. The van der Waals surface area contributed by atoms with Gasteiger partial charge in [0.15, 0.2) is 41.7 Å². The smallest absolute Gasteiger partial charge is 0.331 e. The van der Waals surface area contributed by atoms with Crippen LogP contribution in [0.25, 0.3) is 6.08 Å². The van der Waals surface area contributed by atoms with Crippen molar-refractivity contribution >= 4 is 12.0 Å². The van der Waals surface area contributed by atoms with Crippen molar-refractivity contribution in [3.05, 3.63) is 53.6 Å². The maximum absolute atomic E-state index is 12.8. The van der Waals surface area contributed by atoms with E-state index in [2.05, 4.69) is 0 Å². The zero-order valence-corrected chi connectivity index (χ0v) is 23.5. The molecule has 15 nitrogen and oxygen atoms in total. The van der Waals surface area contributed by atoms with Crippen LogP contribution in [-0.2, 0) is 34.9 Å². The lowest BCUT2D eigenvalue weighted by atomic mass is 9.97. The number of ether oxygens (including phenoxy) is 5. The molecule has 0 aromatic heterocycles. The number of benzene rings is 2. The summed E-state index contributed by atoms with van der Waals surface area (Å²) in [5.41, 5.74) is 0.914. The van der Waals surface area contributed by atoms with Gasteiger partial charge in [-0.2, -0.15) is 0 Å². The number of hydrogen-bond acceptors (Lipinski definition) is 15. The zero-order valence-electron chi connectivity index (χ0n) is 23.5. The molecule has 0 spiro atoms. The molecule has 44 heavy (non-hydrogen) atoms. The van der Waals surface area contributed by atoms with Crippen LogP contribution in [0.15, 0.2) is 42.5 Å². The molecule has 15 heteroatoms. The Morgan fingerprint density at radius 3 is 2.16 bits per heavy atom. The summed E-state index contributed by atoms with van der Waals surface area (Å²) in [5.74, 6) is -2.40. The van der Waals surface area contributed by atoms with Crippen LogP contribution in [0.1, 0.15) is 18.1 Å². The molecule has 2 aromatic rings. The average Bonchev–Trinajstić information content (AvgIpc) is 2.99. The van der Waals surface area contributed by atoms with Crippen molar-refractivity contribution in [2.24, 2.45) is 0 Å². The fraction of sp³-hybridized carbons (Fsp3) is 0.483. The molecule has 0 aliphatic carbocycles. The van der Waals surface area contributed by atoms with Gasteiger partial charge in [-0.15, -0.1) is 0 Å². The highest BCUT2D eigenvalue weighted by atomic mass is 16.8. The van der Waals surface area contributed by atoms with E-state index >= 15 is 0 Å². The lowest BCUT2D eigenvalue weighted by Gasteiger charge is -2.46. The topological polar surface area (TPSA) is 245 Å². The molecule has 0 bridgehead atoms. The maximum Gasteiger partial charge on any atom is 0.331 e. The molecule has 10 atom stereocenters. The first-order valence-corrected chi connectivity index (χ1v) is 13.7. The van der Waals surface area contributed by atoms with Crippen LogP contribution in [0.2, 0.25) is 0 Å². The summed E-state index contributed by atoms with van der Waals surface area (Å²) in [6.45, 7) is 0.606.